The molecule has 0 saturated carbocycles. The molecule has 0 radical (unpaired) electrons. The number of dihydropyridines is 1. The van der Waals surface area contributed by atoms with Crippen molar-refractivity contribution in [2.75, 3.05) is 41.2 Å². The van der Waals surface area contributed by atoms with E-state index in [2.05, 4.69) is 5.32 Å². The van der Waals surface area contributed by atoms with Crippen LogP contribution in [-0.2, 0) is 23.8 Å². The molecule has 0 aromatic heterocycles. The van der Waals surface area contributed by atoms with Crippen LogP contribution in [0, 0.1) is 0 Å². The van der Waals surface area contributed by atoms with E-state index in [9.17, 15) is 14.4 Å². The molecule has 9 nitrogen and oxygen atoms in total. The molecule has 1 N–H and O–H groups in total. The number of benzene rings is 2. The highest BCUT2D eigenvalue weighted by Crippen LogP contribution is 2.46. The Labute approximate surface area is 234 Å². The maximum absolute atomic E-state index is 13.8. The molecule has 212 valence electrons. The molecule has 1 heterocycles. The second-order valence-corrected chi connectivity index (χ2v) is 9.58. The van der Waals surface area contributed by atoms with Gasteiger partial charge in [-0.25, -0.2) is 9.59 Å². The average molecular weight is 550 g/mol. The van der Waals surface area contributed by atoms with Gasteiger partial charge in [-0.2, -0.15) is 0 Å². The molecule has 0 bridgehead atoms. The topological polar surface area (TPSA) is 109 Å². The third-order valence-electron chi connectivity index (χ3n) is 7.26. The Balaban J connectivity index is 1.72. The van der Waals surface area contributed by atoms with Gasteiger partial charge in [0.1, 0.15) is 6.61 Å². The van der Waals surface area contributed by atoms with Gasteiger partial charge >= 0.3 is 11.9 Å². The number of allylic oxidation sites excluding steroid dienone is 3. The summed E-state index contributed by atoms with van der Waals surface area (Å²) in [4.78, 5) is 39.2. The number of carbonyl (C=O) groups excluding carboxylic acids is 3. The third-order valence-corrected chi connectivity index (χ3v) is 7.26. The molecule has 4 rings (SSSR count). The van der Waals surface area contributed by atoms with E-state index in [0.717, 1.165) is 11.3 Å². The van der Waals surface area contributed by atoms with E-state index in [0.29, 0.717) is 52.5 Å². The van der Waals surface area contributed by atoms with E-state index < -0.39 is 17.9 Å². The lowest BCUT2D eigenvalue weighted by Crippen LogP contribution is -2.36. The van der Waals surface area contributed by atoms with Crippen molar-refractivity contribution in [1.29, 1.82) is 0 Å². The third kappa shape index (κ3) is 5.89. The molecule has 2 atom stereocenters. The van der Waals surface area contributed by atoms with Crippen molar-refractivity contribution in [2.24, 2.45) is 0 Å². The summed E-state index contributed by atoms with van der Waals surface area (Å²) in [6.45, 7) is 4.57. The fourth-order valence-corrected chi connectivity index (χ4v) is 5.33. The van der Waals surface area contributed by atoms with E-state index in [1.807, 2.05) is 32.0 Å². The predicted molar refractivity (Wildman–Crippen MR) is 147 cm³/mol. The number of ketones is 1. The molecule has 0 spiro atoms. The summed E-state index contributed by atoms with van der Waals surface area (Å²) in [6.07, 6.45) is 0.829. The quantitative estimate of drug-likeness (QED) is 0.340. The molecule has 2 aromatic rings. The lowest BCUT2D eigenvalue weighted by Gasteiger charge is -2.36. The Morgan fingerprint density at radius 3 is 2.25 bits per heavy atom. The fourth-order valence-electron chi connectivity index (χ4n) is 5.33. The Morgan fingerprint density at radius 2 is 1.60 bits per heavy atom. The SMILES string of the molecule is CCOCCOC(=O)C1=C(C)NC2=C(C(=O)C[C@@H](c3ccc(OC)c(OC)c3)C2)[C@H]1c1ccc(C(=O)OC)cc1. The minimum Gasteiger partial charge on any atom is -0.493 e. The van der Waals surface area contributed by atoms with Crippen molar-refractivity contribution in [3.63, 3.8) is 0 Å². The molecule has 0 amide bonds. The molecule has 1 aliphatic carbocycles. The first-order valence-corrected chi connectivity index (χ1v) is 13.2. The van der Waals surface area contributed by atoms with Crippen LogP contribution in [0.5, 0.6) is 11.5 Å². The first-order chi connectivity index (χ1) is 19.3. The molecule has 1 aliphatic heterocycles. The van der Waals surface area contributed by atoms with Gasteiger partial charge < -0.3 is 29.0 Å². The highest BCUT2D eigenvalue weighted by molar-refractivity contribution is 6.04. The summed E-state index contributed by atoms with van der Waals surface area (Å²) in [7, 11) is 4.48. The second-order valence-electron chi connectivity index (χ2n) is 9.58. The number of hydrogen-bond donors (Lipinski definition) is 1. The van der Waals surface area contributed by atoms with E-state index in [-0.39, 0.29) is 31.3 Å². The summed E-state index contributed by atoms with van der Waals surface area (Å²) < 4.78 is 26.5. The van der Waals surface area contributed by atoms with Crippen molar-refractivity contribution in [3.8, 4) is 11.5 Å². The molecule has 0 saturated heterocycles. The van der Waals surface area contributed by atoms with Gasteiger partial charge in [-0.15, -0.1) is 0 Å². The van der Waals surface area contributed by atoms with Crippen molar-refractivity contribution >= 4 is 17.7 Å². The van der Waals surface area contributed by atoms with Crippen LogP contribution in [-0.4, -0.2) is 58.9 Å². The van der Waals surface area contributed by atoms with Gasteiger partial charge in [0.15, 0.2) is 17.3 Å². The van der Waals surface area contributed by atoms with E-state index >= 15 is 0 Å². The maximum atomic E-state index is 13.8. The smallest absolute Gasteiger partial charge is 0.337 e. The van der Waals surface area contributed by atoms with E-state index in [4.69, 9.17) is 23.7 Å². The van der Waals surface area contributed by atoms with Gasteiger partial charge in [0.25, 0.3) is 0 Å². The Hall–Kier alpha value is -4.11. The summed E-state index contributed by atoms with van der Waals surface area (Å²) in [5.74, 6) is -0.581. The fraction of sp³-hybridized carbons (Fsp3) is 0.387. The first kappa shape index (κ1) is 28.9. The van der Waals surface area contributed by atoms with Crippen LogP contribution >= 0.6 is 0 Å². The maximum Gasteiger partial charge on any atom is 0.337 e. The molecule has 2 aromatic carbocycles. The van der Waals surface area contributed by atoms with Crippen molar-refractivity contribution in [3.05, 3.63) is 81.7 Å². The Bertz CT molecular complexity index is 1340. The van der Waals surface area contributed by atoms with E-state index in [1.165, 1.54) is 7.11 Å². The molecule has 40 heavy (non-hydrogen) atoms. The molecular formula is C31H35NO8. The summed E-state index contributed by atoms with van der Waals surface area (Å²) in [5, 5.41) is 3.35. The van der Waals surface area contributed by atoms with Crippen LogP contribution in [0.1, 0.15) is 60.0 Å². The van der Waals surface area contributed by atoms with Crippen LogP contribution < -0.4 is 14.8 Å². The number of methoxy groups -OCH3 is 3. The summed E-state index contributed by atoms with van der Waals surface area (Å²) in [5.41, 5.74) is 4.31. The Morgan fingerprint density at radius 1 is 0.900 bits per heavy atom. The van der Waals surface area contributed by atoms with Crippen molar-refractivity contribution in [2.45, 2.75) is 38.5 Å². The van der Waals surface area contributed by atoms with Gasteiger partial charge in [-0.05, 0) is 61.6 Å². The molecule has 0 fully saturated rings. The van der Waals surface area contributed by atoms with Crippen LogP contribution in [0.3, 0.4) is 0 Å². The summed E-state index contributed by atoms with van der Waals surface area (Å²) in [6, 6.07) is 12.5. The number of carbonyl (C=O) groups is 3. The molecule has 2 aliphatic rings. The number of ether oxygens (including phenoxy) is 5. The zero-order chi connectivity index (χ0) is 28.8. The molecule has 0 unspecified atom stereocenters. The number of hydrogen-bond acceptors (Lipinski definition) is 9. The van der Waals surface area contributed by atoms with Crippen molar-refractivity contribution < 1.29 is 38.1 Å². The van der Waals surface area contributed by atoms with Gasteiger partial charge in [-0.1, -0.05) is 18.2 Å². The standard InChI is InChI=1S/C31H35NO8/c1-6-39-13-14-40-31(35)27-18(2)32-23-15-22(21-11-12-25(36-3)26(17-21)37-4)16-24(33)29(23)28(27)19-7-9-20(10-8-19)30(34)38-5/h7-12,17,22,28,32H,6,13-16H2,1-5H3/t22-,28-/m0/s1. The van der Waals surface area contributed by atoms with Crippen molar-refractivity contribution in [1.82, 2.24) is 5.32 Å². The number of esters is 2. The molecule has 9 heteroatoms. The largest absolute Gasteiger partial charge is 0.493 e. The van der Waals surface area contributed by atoms with Gasteiger partial charge in [0.2, 0.25) is 0 Å². The highest BCUT2D eigenvalue weighted by atomic mass is 16.6. The highest BCUT2D eigenvalue weighted by Gasteiger charge is 2.41. The second kappa shape index (κ2) is 12.8. The van der Waals surface area contributed by atoms with Gasteiger partial charge in [0.05, 0.1) is 39.1 Å². The van der Waals surface area contributed by atoms with Crippen LogP contribution in [0.15, 0.2) is 65.0 Å². The zero-order valence-electron chi connectivity index (χ0n) is 23.5. The number of nitrogens with one attached hydrogen (secondary N) is 1. The minimum absolute atomic E-state index is 0.0669. The summed E-state index contributed by atoms with van der Waals surface area (Å²) >= 11 is 0. The van der Waals surface area contributed by atoms with Gasteiger partial charge in [0, 0.05) is 35.9 Å². The van der Waals surface area contributed by atoms with Crippen LogP contribution in [0.25, 0.3) is 0 Å². The first-order valence-electron chi connectivity index (χ1n) is 13.2. The van der Waals surface area contributed by atoms with Gasteiger partial charge in [-0.3, -0.25) is 4.79 Å². The molecular weight excluding hydrogens is 514 g/mol. The lowest BCUT2D eigenvalue weighted by atomic mass is 9.71. The average Bonchev–Trinajstić information content (AvgIpc) is 2.97. The minimum atomic E-state index is -0.651. The Kier molecular flexibility index (Phi) is 9.26. The normalized spacial score (nSPS) is 18.6. The number of Topliss-reactive ketones (excluding diaryl/α,β-unsaturated/α-hetero) is 1. The predicted octanol–water partition coefficient (Wildman–Crippen LogP) is 4.43. The van der Waals surface area contributed by atoms with E-state index in [1.54, 1.807) is 38.5 Å². The lowest BCUT2D eigenvalue weighted by molar-refractivity contribution is -0.140. The number of rotatable bonds is 10. The monoisotopic (exact) mass is 549 g/mol. The van der Waals surface area contributed by atoms with Crippen LogP contribution in [0.2, 0.25) is 0 Å². The zero-order valence-corrected chi connectivity index (χ0v) is 23.5. The van der Waals surface area contributed by atoms with Crippen LogP contribution in [0.4, 0.5) is 0 Å².